The van der Waals surface area contributed by atoms with E-state index in [-0.39, 0.29) is 5.04 Å². The first kappa shape index (κ1) is 23.8. The van der Waals surface area contributed by atoms with Gasteiger partial charge >= 0.3 is 11.9 Å². The molecule has 7 heteroatoms. The number of hydrogen-bond acceptors (Lipinski definition) is 6. The van der Waals surface area contributed by atoms with Crippen molar-refractivity contribution in [2.75, 3.05) is 0 Å². The number of benzene rings is 2. The van der Waals surface area contributed by atoms with Gasteiger partial charge in [0.2, 0.25) is 12.4 Å². The van der Waals surface area contributed by atoms with E-state index in [2.05, 4.69) is 45.0 Å². The Morgan fingerprint density at radius 3 is 1.78 bits per heavy atom. The van der Waals surface area contributed by atoms with Gasteiger partial charge in [-0.3, -0.25) is 9.59 Å². The summed E-state index contributed by atoms with van der Waals surface area (Å²) in [6.07, 6.45) is 0.284. The molecule has 3 atom stereocenters. The van der Waals surface area contributed by atoms with E-state index in [0.717, 1.165) is 10.4 Å². The van der Waals surface area contributed by atoms with Gasteiger partial charge in [-0.2, -0.15) is 0 Å². The van der Waals surface area contributed by atoms with Gasteiger partial charge in [-0.15, -0.1) is 0 Å². The molecule has 170 valence electrons. The summed E-state index contributed by atoms with van der Waals surface area (Å²) in [6.45, 7) is 9.04. The van der Waals surface area contributed by atoms with Crippen LogP contribution in [-0.4, -0.2) is 38.8 Å². The molecule has 0 amide bonds. The van der Waals surface area contributed by atoms with Crippen molar-refractivity contribution >= 4 is 30.6 Å². The van der Waals surface area contributed by atoms with Crippen LogP contribution in [0.1, 0.15) is 34.6 Å². The molecule has 2 aromatic rings. The van der Waals surface area contributed by atoms with Gasteiger partial charge < -0.3 is 18.6 Å². The Kier molecular flexibility index (Phi) is 7.21. The van der Waals surface area contributed by atoms with Crippen molar-refractivity contribution in [2.24, 2.45) is 0 Å². The van der Waals surface area contributed by atoms with E-state index >= 15 is 0 Å². The van der Waals surface area contributed by atoms with Crippen LogP contribution in [-0.2, 0) is 28.2 Å². The summed E-state index contributed by atoms with van der Waals surface area (Å²) >= 11 is 0. The van der Waals surface area contributed by atoms with Crippen LogP contribution in [0.4, 0.5) is 0 Å². The van der Waals surface area contributed by atoms with Gasteiger partial charge in [0.25, 0.3) is 8.32 Å². The molecule has 0 spiro atoms. The molecule has 0 radical (unpaired) electrons. The average molecular weight is 455 g/mol. The molecule has 0 unspecified atom stereocenters. The lowest BCUT2D eigenvalue weighted by atomic mass is 10.1. The maximum atomic E-state index is 11.9. The van der Waals surface area contributed by atoms with Crippen LogP contribution in [0.25, 0.3) is 0 Å². The maximum Gasteiger partial charge on any atom is 0.303 e. The van der Waals surface area contributed by atoms with Crippen molar-refractivity contribution in [3.63, 3.8) is 0 Å². The third-order valence-electron chi connectivity index (χ3n) is 5.39. The molecular weight excluding hydrogens is 424 g/mol. The lowest BCUT2D eigenvalue weighted by molar-refractivity contribution is -0.197. The van der Waals surface area contributed by atoms with E-state index in [9.17, 15) is 9.59 Å². The van der Waals surface area contributed by atoms with E-state index < -0.39 is 38.8 Å². The van der Waals surface area contributed by atoms with Gasteiger partial charge in [0, 0.05) is 13.8 Å². The van der Waals surface area contributed by atoms with Crippen molar-refractivity contribution in [3.05, 3.63) is 73.0 Å². The second-order valence-corrected chi connectivity index (χ2v) is 13.0. The minimum Gasteiger partial charge on any atom is -0.469 e. The lowest BCUT2D eigenvalue weighted by Crippen LogP contribution is -2.69. The molecule has 6 nitrogen and oxygen atoms in total. The van der Waals surface area contributed by atoms with Crippen molar-refractivity contribution in [3.8, 4) is 0 Å². The first-order valence-electron chi connectivity index (χ1n) is 10.6. The zero-order chi connectivity index (χ0) is 23.4. The van der Waals surface area contributed by atoms with E-state index in [0.29, 0.717) is 0 Å². The first-order chi connectivity index (χ1) is 15.1. The monoisotopic (exact) mass is 454 g/mol. The largest absolute Gasteiger partial charge is 0.469 e. The summed E-state index contributed by atoms with van der Waals surface area (Å²) in [6, 6.07) is 20.1. The predicted molar refractivity (Wildman–Crippen MR) is 124 cm³/mol. The van der Waals surface area contributed by atoms with Crippen LogP contribution in [0, 0.1) is 0 Å². The van der Waals surface area contributed by atoms with Gasteiger partial charge in [0.05, 0.1) is 6.26 Å². The van der Waals surface area contributed by atoms with Gasteiger partial charge in [-0.1, -0.05) is 81.4 Å². The molecule has 1 aliphatic heterocycles. The Morgan fingerprint density at radius 1 is 0.844 bits per heavy atom. The molecule has 0 fully saturated rings. The van der Waals surface area contributed by atoms with E-state index in [1.165, 1.54) is 20.1 Å². The predicted octanol–water partition coefficient (Wildman–Crippen LogP) is 3.30. The molecule has 3 rings (SSSR count). The number of esters is 2. The lowest BCUT2D eigenvalue weighted by Gasteiger charge is -2.46. The fourth-order valence-corrected chi connectivity index (χ4v) is 8.67. The maximum absolute atomic E-state index is 11.9. The summed E-state index contributed by atoms with van der Waals surface area (Å²) in [4.78, 5) is 23.6. The van der Waals surface area contributed by atoms with Crippen molar-refractivity contribution in [1.82, 2.24) is 0 Å². The summed E-state index contributed by atoms with van der Waals surface area (Å²) in [5, 5.41) is 1.81. The number of carbonyl (C=O) groups excluding carboxylic acids is 2. The number of ether oxygens (including phenoxy) is 3. The topological polar surface area (TPSA) is 71.1 Å². The SMILES string of the molecule is CC(=O)O[C@H]1[C@@H](O[Si](c2ccccc2)(c2ccccc2)C(C)(C)C)OC=C[C@H]1OC(C)=O. The average Bonchev–Trinajstić information content (AvgIpc) is 2.73. The van der Waals surface area contributed by atoms with Crippen LogP contribution in [0.2, 0.25) is 5.04 Å². The highest BCUT2D eigenvalue weighted by Gasteiger charge is 2.54. The zero-order valence-electron chi connectivity index (χ0n) is 19.1. The second-order valence-electron chi connectivity index (χ2n) is 8.76. The Morgan fingerprint density at radius 2 is 1.34 bits per heavy atom. The Balaban J connectivity index is 2.14. The van der Waals surface area contributed by atoms with Crippen LogP contribution in [0.15, 0.2) is 73.0 Å². The fraction of sp³-hybridized carbons (Fsp3) is 0.360. The summed E-state index contributed by atoms with van der Waals surface area (Å²) in [5.74, 6) is -0.995. The zero-order valence-corrected chi connectivity index (χ0v) is 20.1. The highest BCUT2D eigenvalue weighted by Crippen LogP contribution is 2.39. The minimum atomic E-state index is -2.99. The highest BCUT2D eigenvalue weighted by atomic mass is 28.4. The molecule has 0 saturated heterocycles. The second kappa shape index (κ2) is 9.71. The van der Waals surface area contributed by atoms with Gasteiger partial charge in [0.1, 0.15) is 0 Å². The van der Waals surface area contributed by atoms with Crippen LogP contribution >= 0.6 is 0 Å². The van der Waals surface area contributed by atoms with Crippen LogP contribution < -0.4 is 10.4 Å². The molecule has 0 saturated carbocycles. The van der Waals surface area contributed by atoms with Gasteiger partial charge in [0.15, 0.2) is 6.10 Å². The van der Waals surface area contributed by atoms with Gasteiger partial charge in [-0.25, -0.2) is 0 Å². The summed E-state index contributed by atoms with van der Waals surface area (Å²) in [7, 11) is -2.99. The number of hydrogen-bond donors (Lipinski definition) is 0. The molecule has 0 bridgehead atoms. The molecule has 1 heterocycles. The smallest absolute Gasteiger partial charge is 0.303 e. The Bertz CT molecular complexity index is 912. The molecule has 1 aliphatic rings. The van der Waals surface area contributed by atoms with Crippen LogP contribution in [0.3, 0.4) is 0 Å². The summed E-state index contributed by atoms with van der Waals surface area (Å²) in [5.41, 5.74) is 0. The molecule has 32 heavy (non-hydrogen) atoms. The number of carbonyl (C=O) groups is 2. The van der Waals surface area contributed by atoms with Gasteiger partial charge in [-0.05, 0) is 21.5 Å². The third-order valence-corrected chi connectivity index (χ3v) is 10.4. The third kappa shape index (κ3) is 4.94. The minimum absolute atomic E-state index is 0.308. The number of rotatable bonds is 6. The molecular formula is C25H30O6Si. The van der Waals surface area contributed by atoms with Crippen molar-refractivity contribution in [2.45, 2.75) is 58.2 Å². The molecule has 2 aromatic carbocycles. The first-order valence-corrected chi connectivity index (χ1v) is 12.5. The fourth-order valence-electron chi connectivity index (χ4n) is 4.11. The Hall–Kier alpha value is -2.90. The summed E-state index contributed by atoms with van der Waals surface area (Å²) < 4.78 is 23.7. The van der Waals surface area contributed by atoms with Crippen LogP contribution in [0.5, 0.6) is 0 Å². The van der Waals surface area contributed by atoms with E-state index in [4.69, 9.17) is 18.6 Å². The van der Waals surface area contributed by atoms with Crippen molar-refractivity contribution in [1.29, 1.82) is 0 Å². The van der Waals surface area contributed by atoms with E-state index in [1.807, 2.05) is 36.4 Å². The Labute approximate surface area is 190 Å². The highest BCUT2D eigenvalue weighted by molar-refractivity contribution is 6.99. The normalized spacial score (nSPS) is 20.8. The van der Waals surface area contributed by atoms with Crippen molar-refractivity contribution < 1.29 is 28.2 Å². The molecule has 0 aliphatic carbocycles. The molecule has 0 N–H and O–H groups in total. The quantitative estimate of drug-likeness (QED) is 0.493. The standard InChI is InChI=1S/C25H30O6Si/c1-18(26)29-22-16-17-28-24(23(22)30-19(2)27)31-32(25(3,4)5,20-12-8-6-9-13-20)21-14-10-7-11-15-21/h6-17,22-24H,1-5H3/t22-,23-,24-/m1/s1. The van der Waals surface area contributed by atoms with E-state index in [1.54, 1.807) is 6.08 Å². The molecule has 0 aromatic heterocycles.